The Kier molecular flexibility index (Phi) is 6.07. The van der Waals surface area contributed by atoms with Gasteiger partial charge in [0.25, 0.3) is 0 Å². The Morgan fingerprint density at radius 2 is 1.77 bits per heavy atom. The number of benzene rings is 1. The van der Waals surface area contributed by atoms with E-state index in [2.05, 4.69) is 10.2 Å². The highest BCUT2D eigenvalue weighted by Gasteiger charge is 2.38. The zero-order chi connectivity index (χ0) is 22.2. The fourth-order valence-electron chi connectivity index (χ4n) is 4.54. The average Bonchev–Trinajstić information content (AvgIpc) is 3.11. The van der Waals surface area contributed by atoms with E-state index in [0.717, 1.165) is 42.9 Å². The van der Waals surface area contributed by atoms with Crippen LogP contribution in [0.3, 0.4) is 0 Å². The molecule has 4 N–H and O–H groups in total. The number of nitrogens with two attached hydrogens (primary N) is 1. The highest BCUT2D eigenvalue weighted by molar-refractivity contribution is 5.73. The van der Waals surface area contributed by atoms with E-state index < -0.39 is 17.5 Å². The molecule has 2 aromatic rings. The van der Waals surface area contributed by atoms with Crippen molar-refractivity contribution in [1.29, 1.82) is 0 Å². The molecule has 2 aliphatic heterocycles. The lowest BCUT2D eigenvalue weighted by atomic mass is 9.93. The molecular formula is C22H26F3N3O3. The monoisotopic (exact) mass is 437 g/mol. The second-order valence-corrected chi connectivity index (χ2v) is 8.38. The Bertz CT molecular complexity index is 946. The van der Waals surface area contributed by atoms with Crippen LogP contribution in [-0.2, 0) is 17.3 Å². The molecule has 1 saturated carbocycles. The minimum absolute atomic E-state index is 0.0359. The SMILES string of the molecule is Nc1nnc(-c2ccc(C(F)(F)F)cc2O)c2c1CC1CCC2O1.OC1CCCCC1. The molecule has 0 spiro atoms. The minimum Gasteiger partial charge on any atom is -0.507 e. The van der Waals surface area contributed by atoms with Crippen LogP contribution >= 0.6 is 0 Å². The maximum Gasteiger partial charge on any atom is 0.416 e. The van der Waals surface area contributed by atoms with Gasteiger partial charge in [0.05, 0.1) is 23.9 Å². The molecule has 168 valence electrons. The van der Waals surface area contributed by atoms with Crippen LogP contribution in [0.2, 0.25) is 0 Å². The first-order valence-electron chi connectivity index (χ1n) is 10.6. The summed E-state index contributed by atoms with van der Waals surface area (Å²) in [5.41, 5.74) is 7.07. The van der Waals surface area contributed by atoms with E-state index in [0.29, 0.717) is 24.0 Å². The number of aliphatic hydroxyl groups is 1. The van der Waals surface area contributed by atoms with Crippen molar-refractivity contribution < 1.29 is 28.1 Å². The Morgan fingerprint density at radius 1 is 1.03 bits per heavy atom. The number of nitrogen functional groups attached to an aromatic ring is 1. The normalized spacial score (nSPS) is 23.1. The molecule has 6 nitrogen and oxygen atoms in total. The van der Waals surface area contributed by atoms with E-state index in [-0.39, 0.29) is 23.9 Å². The van der Waals surface area contributed by atoms with Crippen LogP contribution in [0.4, 0.5) is 19.0 Å². The van der Waals surface area contributed by atoms with Crippen molar-refractivity contribution in [1.82, 2.24) is 10.2 Å². The van der Waals surface area contributed by atoms with Gasteiger partial charge < -0.3 is 20.7 Å². The van der Waals surface area contributed by atoms with Crippen molar-refractivity contribution in [3.05, 3.63) is 34.9 Å². The molecule has 3 heterocycles. The van der Waals surface area contributed by atoms with Gasteiger partial charge in [-0.15, -0.1) is 10.2 Å². The number of anilines is 1. The fourth-order valence-corrected chi connectivity index (χ4v) is 4.54. The molecule has 1 aromatic carbocycles. The van der Waals surface area contributed by atoms with E-state index in [9.17, 15) is 18.3 Å². The van der Waals surface area contributed by atoms with Gasteiger partial charge in [-0.25, -0.2) is 0 Å². The van der Waals surface area contributed by atoms with Crippen LogP contribution in [0.5, 0.6) is 5.75 Å². The van der Waals surface area contributed by atoms with E-state index >= 15 is 0 Å². The number of hydrogen-bond acceptors (Lipinski definition) is 6. The number of halogens is 3. The summed E-state index contributed by atoms with van der Waals surface area (Å²) >= 11 is 0. The minimum atomic E-state index is -4.52. The smallest absolute Gasteiger partial charge is 0.416 e. The summed E-state index contributed by atoms with van der Waals surface area (Å²) in [4.78, 5) is 0. The summed E-state index contributed by atoms with van der Waals surface area (Å²) in [5, 5.41) is 27.0. The summed E-state index contributed by atoms with van der Waals surface area (Å²) in [6, 6.07) is 2.82. The number of rotatable bonds is 1. The lowest BCUT2D eigenvalue weighted by molar-refractivity contribution is -0.137. The lowest BCUT2D eigenvalue weighted by Gasteiger charge is -2.26. The average molecular weight is 437 g/mol. The number of phenolic OH excluding ortho intramolecular Hbond substituents is 1. The molecule has 0 radical (unpaired) electrons. The third kappa shape index (κ3) is 4.62. The maximum atomic E-state index is 12.8. The molecule has 3 aliphatic rings. The van der Waals surface area contributed by atoms with Crippen molar-refractivity contribution in [2.75, 3.05) is 5.73 Å². The van der Waals surface area contributed by atoms with Crippen molar-refractivity contribution in [2.45, 2.75) is 75.9 Å². The Hall–Kier alpha value is -2.39. The molecule has 5 rings (SSSR count). The van der Waals surface area contributed by atoms with Crippen molar-refractivity contribution in [2.24, 2.45) is 0 Å². The van der Waals surface area contributed by atoms with Crippen molar-refractivity contribution in [3.63, 3.8) is 0 Å². The molecule has 2 atom stereocenters. The van der Waals surface area contributed by atoms with Gasteiger partial charge in [-0.3, -0.25) is 0 Å². The molecule has 1 saturated heterocycles. The molecular weight excluding hydrogens is 411 g/mol. The van der Waals surface area contributed by atoms with Crippen LogP contribution in [0.15, 0.2) is 18.2 Å². The Labute approximate surface area is 178 Å². The Morgan fingerprint density at radius 3 is 2.39 bits per heavy atom. The van der Waals surface area contributed by atoms with Gasteiger partial charge in [0.2, 0.25) is 0 Å². The van der Waals surface area contributed by atoms with Gasteiger partial charge in [-0.05, 0) is 43.9 Å². The number of ether oxygens (including phenoxy) is 1. The lowest BCUT2D eigenvalue weighted by Crippen LogP contribution is -2.21. The van der Waals surface area contributed by atoms with E-state index in [1.807, 2.05) is 0 Å². The molecule has 31 heavy (non-hydrogen) atoms. The van der Waals surface area contributed by atoms with Crippen LogP contribution < -0.4 is 5.73 Å². The molecule has 1 aliphatic carbocycles. The topological polar surface area (TPSA) is 101 Å². The number of alkyl halides is 3. The fraction of sp³-hybridized carbons (Fsp3) is 0.545. The van der Waals surface area contributed by atoms with Gasteiger partial charge in [-0.1, -0.05) is 19.3 Å². The van der Waals surface area contributed by atoms with E-state index in [4.69, 9.17) is 15.6 Å². The molecule has 2 unspecified atom stereocenters. The van der Waals surface area contributed by atoms with Gasteiger partial charge in [0, 0.05) is 23.1 Å². The first-order chi connectivity index (χ1) is 14.7. The van der Waals surface area contributed by atoms with Crippen LogP contribution in [0.1, 0.15) is 67.7 Å². The molecule has 9 heteroatoms. The number of aromatic hydroxyl groups is 1. The summed E-state index contributed by atoms with van der Waals surface area (Å²) < 4.78 is 44.2. The number of phenols is 1. The predicted octanol–water partition coefficient (Wildman–Crippen LogP) is 4.54. The molecule has 2 fully saturated rings. The molecule has 1 aromatic heterocycles. The quantitative estimate of drug-likeness (QED) is 0.606. The highest BCUT2D eigenvalue weighted by atomic mass is 19.4. The highest BCUT2D eigenvalue weighted by Crippen LogP contribution is 2.47. The predicted molar refractivity (Wildman–Crippen MR) is 108 cm³/mol. The first-order valence-corrected chi connectivity index (χ1v) is 10.6. The number of nitrogens with zero attached hydrogens (tertiary/aromatic N) is 2. The summed E-state index contributed by atoms with van der Waals surface area (Å²) in [6.45, 7) is 0. The standard InChI is InChI=1S/C16H14F3N3O2.C6H12O/c17-16(18,19)7-1-3-9(11(23)5-7)14-13-10(15(20)22-21-14)6-8-2-4-12(13)24-8;7-6-4-2-1-3-5-6/h1,3,5,8,12,23H,2,4,6H2,(H2,20,22);6-7H,1-5H2. The second-order valence-electron chi connectivity index (χ2n) is 8.38. The van der Waals surface area contributed by atoms with Crippen LogP contribution in [-0.4, -0.2) is 32.6 Å². The van der Waals surface area contributed by atoms with Gasteiger partial charge in [-0.2, -0.15) is 13.2 Å². The number of hydrogen-bond donors (Lipinski definition) is 3. The van der Waals surface area contributed by atoms with E-state index in [1.54, 1.807) is 0 Å². The summed E-state index contributed by atoms with van der Waals surface area (Å²) in [7, 11) is 0. The number of aliphatic hydroxyl groups excluding tert-OH is 1. The first kappa shape index (κ1) is 21.8. The number of aromatic nitrogens is 2. The molecule has 2 bridgehead atoms. The molecule has 0 amide bonds. The summed E-state index contributed by atoms with van der Waals surface area (Å²) in [6.07, 6.45) is 3.55. The summed E-state index contributed by atoms with van der Waals surface area (Å²) in [5.74, 6) is -0.188. The van der Waals surface area contributed by atoms with Crippen molar-refractivity contribution >= 4 is 5.82 Å². The zero-order valence-corrected chi connectivity index (χ0v) is 17.0. The van der Waals surface area contributed by atoms with E-state index in [1.165, 1.54) is 25.3 Å². The van der Waals surface area contributed by atoms with Gasteiger partial charge >= 0.3 is 6.18 Å². The third-order valence-electron chi connectivity index (χ3n) is 6.16. The largest absolute Gasteiger partial charge is 0.507 e. The van der Waals surface area contributed by atoms with Gasteiger partial charge in [0.15, 0.2) is 0 Å². The second kappa shape index (κ2) is 8.63. The van der Waals surface area contributed by atoms with Gasteiger partial charge in [0.1, 0.15) is 17.3 Å². The van der Waals surface area contributed by atoms with Crippen LogP contribution in [0, 0.1) is 0 Å². The van der Waals surface area contributed by atoms with Crippen LogP contribution in [0.25, 0.3) is 11.3 Å². The third-order valence-corrected chi connectivity index (χ3v) is 6.16. The van der Waals surface area contributed by atoms with Crippen molar-refractivity contribution in [3.8, 4) is 17.0 Å². The maximum absolute atomic E-state index is 12.8. The number of fused-ring (bicyclic) bond motifs is 4. The zero-order valence-electron chi connectivity index (χ0n) is 17.0. The Balaban J connectivity index is 0.000000282.